The minimum atomic E-state index is -4.33. The van der Waals surface area contributed by atoms with E-state index < -0.39 is 10.1 Å². The normalized spacial score (nSPS) is 11.9. The van der Waals surface area contributed by atoms with Gasteiger partial charge in [-0.15, -0.1) is 5.11 Å². The molecule has 0 aliphatic carbocycles. The van der Waals surface area contributed by atoms with E-state index in [0.29, 0.717) is 28.2 Å². The van der Waals surface area contributed by atoms with Crippen molar-refractivity contribution >= 4 is 27.2 Å². The number of phenolic OH excluding ortho intramolecular Hbond substituents is 1. The number of benzene rings is 2. The first kappa shape index (κ1) is 17.9. The molecular weight excluding hydrogens is 330 g/mol. The van der Waals surface area contributed by atoms with Crippen LogP contribution in [-0.2, 0) is 10.1 Å². The van der Waals surface area contributed by atoms with Gasteiger partial charge >= 0.3 is 0 Å². The van der Waals surface area contributed by atoms with Crippen molar-refractivity contribution in [3.05, 3.63) is 41.0 Å². The molecule has 0 bridgehead atoms. The van der Waals surface area contributed by atoms with Crippen molar-refractivity contribution in [2.45, 2.75) is 25.7 Å². The molecule has 2 aromatic carbocycles. The second kappa shape index (κ2) is 6.58. The summed E-state index contributed by atoms with van der Waals surface area (Å²) in [7, 11) is -2.64. The van der Waals surface area contributed by atoms with Crippen molar-refractivity contribution < 1.29 is 18.1 Å². The summed E-state index contributed by atoms with van der Waals surface area (Å²) in [5, 5.41) is 20.9. The van der Waals surface area contributed by atoms with Gasteiger partial charge in [-0.1, -0.05) is 6.07 Å². The van der Waals surface area contributed by atoms with Crippen LogP contribution >= 0.6 is 0 Å². The van der Waals surface area contributed by atoms with Gasteiger partial charge in [0.15, 0.2) is 0 Å². The van der Waals surface area contributed by atoms with Gasteiger partial charge in [-0.05, 0) is 49.6 Å². The molecule has 128 valence electrons. The highest BCUT2D eigenvalue weighted by atomic mass is 32.2. The van der Waals surface area contributed by atoms with Crippen LogP contribution in [0.5, 0.6) is 5.75 Å². The van der Waals surface area contributed by atoms with Crippen molar-refractivity contribution in [3.63, 3.8) is 0 Å². The van der Waals surface area contributed by atoms with Gasteiger partial charge in [-0.25, -0.2) is 0 Å². The summed E-state index contributed by atoms with van der Waals surface area (Å²) in [5.74, 6) is 0.137. The molecule has 0 aliphatic heterocycles. The second-order valence-electron chi connectivity index (χ2n) is 5.49. The minimum Gasteiger partial charge on any atom is -0.508 e. The largest absolute Gasteiger partial charge is 0.508 e. The third-order valence-electron chi connectivity index (χ3n) is 3.62. The number of nitrogens with one attached hydrogen (secondary N) is 1. The number of anilines is 1. The lowest BCUT2D eigenvalue weighted by Crippen LogP contribution is -2.01. The maximum absolute atomic E-state index is 11.4. The molecule has 0 aromatic heterocycles. The Balaban J connectivity index is 2.52. The highest BCUT2D eigenvalue weighted by molar-refractivity contribution is 7.85. The summed E-state index contributed by atoms with van der Waals surface area (Å²) in [6.45, 7) is 5.11. The quantitative estimate of drug-likeness (QED) is 0.570. The zero-order valence-corrected chi connectivity index (χ0v) is 14.6. The molecule has 0 heterocycles. The molecule has 2 rings (SSSR count). The van der Waals surface area contributed by atoms with Gasteiger partial charge in [0.2, 0.25) is 0 Å². The maximum Gasteiger partial charge on any atom is 0.294 e. The van der Waals surface area contributed by atoms with Gasteiger partial charge < -0.3 is 10.4 Å². The molecule has 0 unspecified atom stereocenters. The molecule has 0 radical (unpaired) electrons. The predicted octanol–water partition coefficient (Wildman–Crippen LogP) is 4.02. The molecule has 0 fully saturated rings. The van der Waals surface area contributed by atoms with E-state index in [4.69, 9.17) is 0 Å². The van der Waals surface area contributed by atoms with Crippen LogP contribution in [0.1, 0.15) is 16.7 Å². The van der Waals surface area contributed by atoms with E-state index in [2.05, 4.69) is 15.5 Å². The molecule has 3 N–H and O–H groups in total. The van der Waals surface area contributed by atoms with Gasteiger partial charge in [0.1, 0.15) is 11.4 Å². The minimum absolute atomic E-state index is 0.137. The van der Waals surface area contributed by atoms with E-state index in [-0.39, 0.29) is 10.6 Å². The van der Waals surface area contributed by atoms with Crippen molar-refractivity contribution in [3.8, 4) is 5.75 Å². The van der Waals surface area contributed by atoms with Crippen LogP contribution in [0.3, 0.4) is 0 Å². The molecule has 7 nitrogen and oxygen atoms in total. The first-order valence-electron chi connectivity index (χ1n) is 7.15. The van der Waals surface area contributed by atoms with Crippen molar-refractivity contribution in [1.82, 2.24) is 0 Å². The number of nitrogens with zero attached hydrogens (tertiary/aromatic N) is 2. The zero-order chi connectivity index (χ0) is 18.1. The highest BCUT2D eigenvalue weighted by Gasteiger charge is 2.15. The number of aryl methyl sites for hydroxylation is 3. The molecule has 2 aromatic rings. The zero-order valence-electron chi connectivity index (χ0n) is 13.8. The van der Waals surface area contributed by atoms with Crippen LogP contribution in [0.4, 0.5) is 17.1 Å². The van der Waals surface area contributed by atoms with Crippen LogP contribution in [0.15, 0.2) is 39.4 Å². The Morgan fingerprint density at radius 1 is 0.917 bits per heavy atom. The Kier molecular flexibility index (Phi) is 4.91. The molecule has 8 heteroatoms. The fourth-order valence-electron chi connectivity index (χ4n) is 2.28. The summed E-state index contributed by atoms with van der Waals surface area (Å²) in [4.78, 5) is -0.197. The standard InChI is InChI=1S/C16H19N3O4S/c1-9-5-11(3)16(24(21,22)23)8-12(9)18-19-14-6-10(2)15(20)7-13(14)17-4/h5-8,17,20H,1-4H3,(H,21,22,23). The van der Waals surface area contributed by atoms with Gasteiger partial charge in [-0.3, -0.25) is 4.55 Å². The Morgan fingerprint density at radius 3 is 2.12 bits per heavy atom. The third kappa shape index (κ3) is 3.72. The average molecular weight is 349 g/mol. The Morgan fingerprint density at radius 2 is 1.54 bits per heavy atom. The molecule has 0 saturated heterocycles. The number of hydrogen-bond acceptors (Lipinski definition) is 6. The summed E-state index contributed by atoms with van der Waals surface area (Å²) in [6, 6.07) is 6.11. The molecule has 0 atom stereocenters. The topological polar surface area (TPSA) is 111 Å². The highest BCUT2D eigenvalue weighted by Crippen LogP contribution is 2.34. The van der Waals surface area contributed by atoms with Crippen LogP contribution in [0, 0.1) is 20.8 Å². The summed E-state index contributed by atoms with van der Waals surface area (Å²) >= 11 is 0. The van der Waals surface area contributed by atoms with Gasteiger partial charge in [0.05, 0.1) is 16.3 Å². The van der Waals surface area contributed by atoms with E-state index in [9.17, 15) is 18.1 Å². The van der Waals surface area contributed by atoms with Crippen molar-refractivity contribution in [2.75, 3.05) is 12.4 Å². The van der Waals surface area contributed by atoms with Crippen LogP contribution in [-0.4, -0.2) is 25.1 Å². The van der Waals surface area contributed by atoms with Crippen LogP contribution in [0.25, 0.3) is 0 Å². The predicted molar refractivity (Wildman–Crippen MR) is 92.3 cm³/mol. The lowest BCUT2D eigenvalue weighted by atomic mass is 10.1. The second-order valence-corrected chi connectivity index (χ2v) is 6.88. The van der Waals surface area contributed by atoms with Gasteiger partial charge in [-0.2, -0.15) is 13.5 Å². The van der Waals surface area contributed by atoms with Crippen molar-refractivity contribution in [2.24, 2.45) is 10.2 Å². The molecule has 0 saturated carbocycles. The first-order chi connectivity index (χ1) is 11.1. The Hall–Kier alpha value is -2.45. The SMILES string of the molecule is CNc1cc(O)c(C)cc1N=Nc1cc(S(=O)(=O)O)c(C)cc1C. The fourth-order valence-corrected chi connectivity index (χ4v) is 3.01. The summed E-state index contributed by atoms with van der Waals surface area (Å²) < 4.78 is 32.1. The number of hydrogen-bond donors (Lipinski definition) is 3. The average Bonchev–Trinajstić information content (AvgIpc) is 2.48. The van der Waals surface area contributed by atoms with E-state index in [1.165, 1.54) is 12.1 Å². The van der Waals surface area contributed by atoms with Gasteiger partial charge in [0, 0.05) is 13.1 Å². The fraction of sp³-hybridized carbons (Fsp3) is 0.250. The van der Waals surface area contributed by atoms with E-state index in [0.717, 1.165) is 5.56 Å². The monoisotopic (exact) mass is 349 g/mol. The van der Waals surface area contributed by atoms with Gasteiger partial charge in [0.25, 0.3) is 10.1 Å². The number of rotatable bonds is 4. The smallest absolute Gasteiger partial charge is 0.294 e. The van der Waals surface area contributed by atoms with E-state index >= 15 is 0 Å². The number of azo groups is 1. The lowest BCUT2D eigenvalue weighted by molar-refractivity contribution is 0.471. The van der Waals surface area contributed by atoms with Crippen LogP contribution in [0.2, 0.25) is 0 Å². The molecule has 0 aliphatic rings. The molecule has 24 heavy (non-hydrogen) atoms. The molecular formula is C16H19N3O4S. The molecule has 0 amide bonds. The van der Waals surface area contributed by atoms with E-state index in [1.54, 1.807) is 40.0 Å². The Labute approximate surface area is 140 Å². The molecule has 0 spiro atoms. The van der Waals surface area contributed by atoms with Crippen molar-refractivity contribution in [1.29, 1.82) is 0 Å². The number of aromatic hydroxyl groups is 1. The maximum atomic E-state index is 11.4. The van der Waals surface area contributed by atoms with E-state index in [1.807, 2.05) is 0 Å². The third-order valence-corrected chi connectivity index (χ3v) is 4.62. The lowest BCUT2D eigenvalue weighted by Gasteiger charge is -2.08. The Bertz CT molecular complexity index is 921. The number of phenols is 1. The summed E-state index contributed by atoms with van der Waals surface area (Å²) in [5.41, 5.74) is 3.22. The van der Waals surface area contributed by atoms with Crippen LogP contribution < -0.4 is 5.32 Å². The summed E-state index contributed by atoms with van der Waals surface area (Å²) in [6.07, 6.45) is 0. The first-order valence-corrected chi connectivity index (χ1v) is 8.59.